The average molecular weight is 284 g/mol. The van der Waals surface area contributed by atoms with Gasteiger partial charge in [0.1, 0.15) is 0 Å². The highest BCUT2D eigenvalue weighted by Crippen LogP contribution is 2.34. The lowest BCUT2D eigenvalue weighted by molar-refractivity contribution is -0.386. The van der Waals surface area contributed by atoms with E-state index in [1.807, 2.05) is 20.8 Å². The molecule has 5 nitrogen and oxygen atoms in total. The maximum Gasteiger partial charge on any atom is 0.276 e. The van der Waals surface area contributed by atoms with Crippen molar-refractivity contribution in [2.45, 2.75) is 39.2 Å². The second kappa shape index (κ2) is 7.19. The monoisotopic (exact) mass is 284 g/mol. The Bertz CT molecular complexity index is 480. The second-order valence-electron chi connectivity index (χ2n) is 4.66. The molecule has 0 aromatic heterocycles. The van der Waals surface area contributed by atoms with Crippen molar-refractivity contribution in [3.8, 4) is 5.75 Å². The summed E-state index contributed by atoms with van der Waals surface area (Å²) in [6.07, 6.45) is 0.825. The number of hydrogen-bond donors (Lipinski definition) is 1. The smallest absolute Gasteiger partial charge is 0.276 e. The molecule has 0 heterocycles. The van der Waals surface area contributed by atoms with Crippen LogP contribution in [0.4, 0.5) is 10.1 Å². The van der Waals surface area contributed by atoms with Crippen LogP contribution >= 0.6 is 0 Å². The van der Waals surface area contributed by atoms with Crippen molar-refractivity contribution in [2.75, 3.05) is 13.7 Å². The molecule has 0 bridgehead atoms. The molecule has 0 fully saturated rings. The maximum absolute atomic E-state index is 13.6. The molecular weight excluding hydrogens is 263 g/mol. The van der Waals surface area contributed by atoms with Gasteiger partial charge in [-0.15, -0.1) is 0 Å². The quantitative estimate of drug-likeness (QED) is 0.616. The fourth-order valence-electron chi connectivity index (χ4n) is 2.39. The van der Waals surface area contributed by atoms with Gasteiger partial charge in [0.2, 0.25) is 0 Å². The van der Waals surface area contributed by atoms with E-state index in [2.05, 4.69) is 5.32 Å². The van der Waals surface area contributed by atoms with Crippen molar-refractivity contribution >= 4 is 5.69 Å². The van der Waals surface area contributed by atoms with Crippen molar-refractivity contribution < 1.29 is 14.1 Å². The summed E-state index contributed by atoms with van der Waals surface area (Å²) in [5.74, 6) is -0.801. The maximum atomic E-state index is 13.6. The molecule has 0 aliphatic heterocycles. The zero-order valence-corrected chi connectivity index (χ0v) is 12.3. The number of hydrogen-bond acceptors (Lipinski definition) is 4. The van der Waals surface area contributed by atoms with Crippen molar-refractivity contribution in [3.63, 3.8) is 0 Å². The van der Waals surface area contributed by atoms with Gasteiger partial charge in [-0.05, 0) is 19.0 Å². The molecule has 2 unspecified atom stereocenters. The summed E-state index contributed by atoms with van der Waals surface area (Å²) in [4.78, 5) is 10.6. The van der Waals surface area contributed by atoms with Gasteiger partial charge in [0, 0.05) is 17.5 Å². The third-order valence-corrected chi connectivity index (χ3v) is 3.50. The molecule has 1 aromatic rings. The summed E-state index contributed by atoms with van der Waals surface area (Å²) in [5.41, 5.74) is 0.285. The third-order valence-electron chi connectivity index (χ3n) is 3.50. The minimum Gasteiger partial charge on any atom is -0.494 e. The summed E-state index contributed by atoms with van der Waals surface area (Å²) in [6, 6.07) is 2.45. The molecule has 0 aliphatic carbocycles. The van der Waals surface area contributed by atoms with Gasteiger partial charge in [0.15, 0.2) is 11.6 Å². The minimum absolute atomic E-state index is 0.0313. The molecule has 6 heteroatoms. The molecule has 0 amide bonds. The van der Waals surface area contributed by atoms with Crippen LogP contribution in [0.15, 0.2) is 12.1 Å². The number of nitro benzene ring substituents is 1. The van der Waals surface area contributed by atoms with Gasteiger partial charge in [-0.3, -0.25) is 10.1 Å². The van der Waals surface area contributed by atoms with Crippen molar-refractivity contribution in [1.29, 1.82) is 0 Å². The van der Waals surface area contributed by atoms with Crippen molar-refractivity contribution in [1.82, 2.24) is 5.32 Å². The van der Waals surface area contributed by atoms with Crippen LogP contribution in [0, 0.1) is 15.9 Å². The molecule has 0 radical (unpaired) electrons. The summed E-state index contributed by atoms with van der Waals surface area (Å²) in [7, 11) is 1.35. The van der Waals surface area contributed by atoms with Crippen LogP contribution in [-0.4, -0.2) is 24.6 Å². The highest BCUT2D eigenvalue weighted by molar-refractivity contribution is 5.48. The summed E-state index contributed by atoms with van der Waals surface area (Å²) >= 11 is 0. The van der Waals surface area contributed by atoms with Crippen LogP contribution in [0.2, 0.25) is 0 Å². The zero-order chi connectivity index (χ0) is 15.3. The van der Waals surface area contributed by atoms with Crippen LogP contribution < -0.4 is 10.1 Å². The third kappa shape index (κ3) is 3.45. The summed E-state index contributed by atoms with van der Waals surface area (Å²) < 4.78 is 18.6. The molecule has 0 saturated carbocycles. The van der Waals surface area contributed by atoms with Gasteiger partial charge < -0.3 is 10.1 Å². The molecule has 1 N–H and O–H groups in total. The van der Waals surface area contributed by atoms with Crippen LogP contribution in [0.5, 0.6) is 5.75 Å². The van der Waals surface area contributed by atoms with E-state index in [0.717, 1.165) is 19.0 Å². The standard InChI is InChI=1S/C14H21FN2O3/c1-5-12(16-6-2)9(3)10-7-14(20-4)11(15)8-13(10)17(18)19/h7-9,12,16H,5-6H2,1-4H3. The van der Waals surface area contributed by atoms with E-state index in [1.54, 1.807) is 0 Å². The Morgan fingerprint density at radius 1 is 1.45 bits per heavy atom. The number of nitrogens with zero attached hydrogens (tertiary/aromatic N) is 1. The van der Waals surface area contributed by atoms with E-state index >= 15 is 0 Å². The second-order valence-corrected chi connectivity index (χ2v) is 4.66. The van der Waals surface area contributed by atoms with Gasteiger partial charge in [-0.2, -0.15) is 0 Å². The zero-order valence-electron chi connectivity index (χ0n) is 12.3. The lowest BCUT2D eigenvalue weighted by Crippen LogP contribution is -2.33. The van der Waals surface area contributed by atoms with E-state index in [1.165, 1.54) is 13.2 Å². The number of nitrogens with one attached hydrogen (secondary N) is 1. The van der Waals surface area contributed by atoms with Crippen LogP contribution in [0.1, 0.15) is 38.7 Å². The predicted octanol–water partition coefficient (Wildman–Crippen LogP) is 3.23. The lowest BCUT2D eigenvalue weighted by Gasteiger charge is -2.24. The molecule has 20 heavy (non-hydrogen) atoms. The largest absolute Gasteiger partial charge is 0.494 e. The number of methoxy groups -OCH3 is 1. The first kappa shape index (κ1) is 16.4. The van der Waals surface area contributed by atoms with Crippen LogP contribution in [0.25, 0.3) is 0 Å². The average Bonchev–Trinajstić information content (AvgIpc) is 2.43. The summed E-state index contributed by atoms with van der Waals surface area (Å²) in [5, 5.41) is 14.4. The summed E-state index contributed by atoms with van der Waals surface area (Å²) in [6.45, 7) is 6.66. The number of nitro groups is 1. The van der Waals surface area contributed by atoms with E-state index < -0.39 is 10.7 Å². The first-order valence-electron chi connectivity index (χ1n) is 6.71. The fourth-order valence-corrected chi connectivity index (χ4v) is 2.39. The normalized spacial score (nSPS) is 13.8. The number of likely N-dealkylation sites (N-methyl/N-ethyl adjacent to an activating group) is 1. The first-order valence-corrected chi connectivity index (χ1v) is 6.71. The molecule has 0 spiro atoms. The number of ether oxygens (including phenoxy) is 1. The van der Waals surface area contributed by atoms with Gasteiger partial charge in [0.25, 0.3) is 5.69 Å². The molecule has 0 aliphatic rings. The Balaban J connectivity index is 3.29. The molecule has 1 aromatic carbocycles. The lowest BCUT2D eigenvalue weighted by atomic mass is 9.90. The highest BCUT2D eigenvalue weighted by atomic mass is 19.1. The Morgan fingerprint density at radius 2 is 2.10 bits per heavy atom. The Morgan fingerprint density at radius 3 is 2.55 bits per heavy atom. The van der Waals surface area contributed by atoms with Gasteiger partial charge in [-0.1, -0.05) is 20.8 Å². The molecule has 112 valence electrons. The fraction of sp³-hybridized carbons (Fsp3) is 0.571. The van der Waals surface area contributed by atoms with E-state index in [0.29, 0.717) is 5.56 Å². The Labute approximate surface area is 118 Å². The molecule has 2 atom stereocenters. The number of rotatable bonds is 7. The predicted molar refractivity (Wildman–Crippen MR) is 75.8 cm³/mol. The topological polar surface area (TPSA) is 64.4 Å². The minimum atomic E-state index is -0.716. The van der Waals surface area contributed by atoms with E-state index in [4.69, 9.17) is 4.74 Å². The first-order chi connectivity index (χ1) is 9.46. The Kier molecular flexibility index (Phi) is 5.88. The molecule has 0 saturated heterocycles. The molecule has 1 rings (SSSR count). The van der Waals surface area contributed by atoms with Gasteiger partial charge in [-0.25, -0.2) is 4.39 Å². The molecular formula is C14H21FN2O3. The number of halogens is 1. The van der Waals surface area contributed by atoms with E-state index in [-0.39, 0.29) is 23.4 Å². The highest BCUT2D eigenvalue weighted by Gasteiger charge is 2.27. The van der Waals surface area contributed by atoms with Crippen molar-refractivity contribution in [2.24, 2.45) is 0 Å². The van der Waals surface area contributed by atoms with Crippen LogP contribution in [0.3, 0.4) is 0 Å². The SMILES string of the molecule is CCNC(CC)C(C)c1cc(OC)c(F)cc1[N+](=O)[O-]. The Hall–Kier alpha value is -1.69. The van der Waals surface area contributed by atoms with Gasteiger partial charge >= 0.3 is 0 Å². The van der Waals surface area contributed by atoms with Crippen LogP contribution in [-0.2, 0) is 0 Å². The van der Waals surface area contributed by atoms with Crippen molar-refractivity contribution in [3.05, 3.63) is 33.6 Å². The van der Waals surface area contributed by atoms with Gasteiger partial charge in [0.05, 0.1) is 18.1 Å². The number of benzene rings is 1. The van der Waals surface area contributed by atoms with E-state index in [9.17, 15) is 14.5 Å².